The maximum atomic E-state index is 14.0. The number of nitrogens with zero attached hydrogens (tertiary/aromatic N) is 4. The van der Waals surface area contributed by atoms with Crippen molar-refractivity contribution in [3.63, 3.8) is 0 Å². The summed E-state index contributed by atoms with van der Waals surface area (Å²) in [6, 6.07) is 8.77. The molecule has 0 spiro atoms. The van der Waals surface area contributed by atoms with Gasteiger partial charge in [0.1, 0.15) is 17.1 Å². The predicted molar refractivity (Wildman–Crippen MR) is 132 cm³/mol. The van der Waals surface area contributed by atoms with E-state index in [9.17, 15) is 39.9 Å². The Morgan fingerprint density at radius 3 is 2.20 bits per heavy atom. The standard InChI is InChI=1S/C25H19F6N5O4S/c1-23(2,37)22-34-21(35-40-22)16-4-3-5-17-19(16)36(12-13-6-11-18(25(29,30)31)33-20(13)32-17)41(38,39)15-9-7-14(8-10-15)24(26,27)28/h3-11,37H,12H2,1-2H3,(H,32,33). The molecule has 216 valence electrons. The van der Waals surface area contributed by atoms with E-state index >= 15 is 0 Å². The molecule has 0 unspecified atom stereocenters. The summed E-state index contributed by atoms with van der Waals surface area (Å²) in [4.78, 5) is 7.28. The number of benzene rings is 2. The third-order valence-corrected chi connectivity index (χ3v) is 7.84. The van der Waals surface area contributed by atoms with Crippen molar-refractivity contribution >= 4 is 27.2 Å². The number of fused-ring (bicyclic) bond motifs is 2. The number of aliphatic hydroxyl groups is 1. The number of para-hydroxylation sites is 1. The Morgan fingerprint density at radius 1 is 0.927 bits per heavy atom. The average Bonchev–Trinajstić information content (AvgIpc) is 3.31. The van der Waals surface area contributed by atoms with Gasteiger partial charge in [0.15, 0.2) is 0 Å². The molecule has 3 heterocycles. The molecule has 41 heavy (non-hydrogen) atoms. The Bertz CT molecular complexity index is 1730. The van der Waals surface area contributed by atoms with Crippen LogP contribution in [0.2, 0.25) is 0 Å². The first-order valence-corrected chi connectivity index (χ1v) is 13.1. The fourth-order valence-electron chi connectivity index (χ4n) is 4.07. The van der Waals surface area contributed by atoms with Crippen molar-refractivity contribution in [3.8, 4) is 11.4 Å². The number of alkyl halides is 6. The summed E-state index contributed by atoms with van der Waals surface area (Å²) in [6.07, 6.45) is -9.51. The zero-order valence-electron chi connectivity index (χ0n) is 21.0. The van der Waals surface area contributed by atoms with Gasteiger partial charge in [0, 0.05) is 11.1 Å². The lowest BCUT2D eigenvalue weighted by atomic mass is 10.1. The van der Waals surface area contributed by atoms with Gasteiger partial charge in [0.05, 0.1) is 28.4 Å². The van der Waals surface area contributed by atoms with Gasteiger partial charge < -0.3 is 14.9 Å². The van der Waals surface area contributed by atoms with Crippen LogP contribution in [0.25, 0.3) is 11.4 Å². The predicted octanol–water partition coefficient (Wildman–Crippen LogP) is 5.85. The molecule has 1 aliphatic rings. The number of sulfonamides is 1. The molecule has 1 aliphatic heterocycles. The maximum Gasteiger partial charge on any atom is 0.433 e. The van der Waals surface area contributed by atoms with E-state index in [2.05, 4.69) is 20.4 Å². The molecule has 0 atom stereocenters. The molecule has 5 rings (SSSR count). The van der Waals surface area contributed by atoms with Crippen LogP contribution in [0.15, 0.2) is 64.0 Å². The molecule has 16 heteroatoms. The summed E-state index contributed by atoms with van der Waals surface area (Å²) in [5, 5.41) is 16.8. The quantitative estimate of drug-likeness (QED) is 0.281. The number of anilines is 3. The van der Waals surface area contributed by atoms with E-state index in [1.54, 1.807) is 0 Å². The first kappa shape index (κ1) is 28.4. The first-order chi connectivity index (χ1) is 19.0. The van der Waals surface area contributed by atoms with Gasteiger partial charge in [-0.2, -0.15) is 31.3 Å². The molecule has 2 aromatic heterocycles. The van der Waals surface area contributed by atoms with Gasteiger partial charge in [-0.05, 0) is 56.3 Å². The van der Waals surface area contributed by atoms with E-state index in [1.165, 1.54) is 32.0 Å². The summed E-state index contributed by atoms with van der Waals surface area (Å²) in [7, 11) is -4.65. The normalized spacial score (nSPS) is 14.2. The van der Waals surface area contributed by atoms with Gasteiger partial charge in [-0.25, -0.2) is 13.4 Å². The lowest BCUT2D eigenvalue weighted by Gasteiger charge is -2.26. The lowest BCUT2D eigenvalue weighted by molar-refractivity contribution is -0.141. The molecule has 0 radical (unpaired) electrons. The Hall–Kier alpha value is -4.18. The molecule has 0 amide bonds. The molecule has 9 nitrogen and oxygen atoms in total. The minimum Gasteiger partial charge on any atom is -0.381 e. The highest BCUT2D eigenvalue weighted by Crippen LogP contribution is 2.45. The third kappa shape index (κ3) is 5.31. The minimum atomic E-state index is -4.79. The van der Waals surface area contributed by atoms with Crippen molar-refractivity contribution < 1.29 is 44.4 Å². The van der Waals surface area contributed by atoms with Crippen molar-refractivity contribution in [2.75, 3.05) is 9.62 Å². The van der Waals surface area contributed by atoms with E-state index in [-0.39, 0.29) is 40.0 Å². The second kappa shape index (κ2) is 9.44. The molecular weight excluding hydrogens is 580 g/mol. The van der Waals surface area contributed by atoms with Crippen molar-refractivity contribution in [1.29, 1.82) is 0 Å². The molecule has 0 aliphatic carbocycles. The number of rotatable bonds is 4. The largest absolute Gasteiger partial charge is 0.433 e. The SMILES string of the molecule is CC(C)(O)c1nc(-c2cccc3c2N(S(=O)(=O)c2ccc(C(F)(F)F)cc2)Cc2ccc(C(F)(F)F)nc2N3)no1. The number of aromatic nitrogens is 3. The third-order valence-electron chi connectivity index (χ3n) is 6.08. The molecule has 0 saturated carbocycles. The zero-order chi connectivity index (χ0) is 30.0. The second-order valence-corrected chi connectivity index (χ2v) is 11.4. The van der Waals surface area contributed by atoms with Crippen LogP contribution in [-0.2, 0) is 34.5 Å². The topological polar surface area (TPSA) is 121 Å². The first-order valence-electron chi connectivity index (χ1n) is 11.7. The Labute approximate surface area is 228 Å². The molecule has 2 N–H and O–H groups in total. The van der Waals surface area contributed by atoms with Gasteiger partial charge in [-0.15, -0.1) is 0 Å². The summed E-state index contributed by atoms with van der Waals surface area (Å²) >= 11 is 0. The minimum absolute atomic E-state index is 0.0156. The van der Waals surface area contributed by atoms with Crippen LogP contribution < -0.4 is 9.62 Å². The summed E-state index contributed by atoms with van der Waals surface area (Å²) in [5.41, 5.74) is -3.94. The molecule has 0 saturated heterocycles. The van der Waals surface area contributed by atoms with Crippen molar-refractivity contribution in [2.45, 2.75) is 43.2 Å². The van der Waals surface area contributed by atoms with Gasteiger partial charge in [0.25, 0.3) is 15.9 Å². The van der Waals surface area contributed by atoms with Crippen LogP contribution in [0.5, 0.6) is 0 Å². The van der Waals surface area contributed by atoms with E-state index in [0.29, 0.717) is 18.2 Å². The van der Waals surface area contributed by atoms with Crippen LogP contribution >= 0.6 is 0 Å². The molecule has 0 fully saturated rings. The lowest BCUT2D eigenvalue weighted by Crippen LogP contribution is -2.31. The summed E-state index contributed by atoms with van der Waals surface area (Å²) < 4.78 is 114. The average molecular weight is 600 g/mol. The zero-order valence-corrected chi connectivity index (χ0v) is 21.9. The smallest absolute Gasteiger partial charge is 0.381 e. The number of pyridine rings is 1. The van der Waals surface area contributed by atoms with E-state index in [0.717, 1.165) is 22.5 Å². The summed E-state index contributed by atoms with van der Waals surface area (Å²) in [6.45, 7) is 2.19. The monoisotopic (exact) mass is 599 g/mol. The highest BCUT2D eigenvalue weighted by molar-refractivity contribution is 7.92. The molecule has 0 bridgehead atoms. The number of nitrogens with one attached hydrogen (secondary N) is 1. The fourth-order valence-corrected chi connectivity index (χ4v) is 5.55. The van der Waals surface area contributed by atoms with Gasteiger partial charge in [-0.1, -0.05) is 17.3 Å². The van der Waals surface area contributed by atoms with Crippen molar-refractivity contribution in [1.82, 2.24) is 15.1 Å². The van der Waals surface area contributed by atoms with Crippen molar-refractivity contribution in [3.05, 3.63) is 77.3 Å². The molecular formula is C25H19F6N5O4S. The number of halogens is 6. The number of hydrogen-bond donors (Lipinski definition) is 2. The molecule has 2 aromatic carbocycles. The molecule has 4 aromatic rings. The van der Waals surface area contributed by atoms with Gasteiger partial charge >= 0.3 is 12.4 Å². The van der Waals surface area contributed by atoms with Crippen LogP contribution in [0.3, 0.4) is 0 Å². The number of hydrogen-bond acceptors (Lipinski definition) is 8. The van der Waals surface area contributed by atoms with Gasteiger partial charge in [0.2, 0.25) is 5.82 Å². The fraction of sp³-hybridized carbons (Fsp3) is 0.240. The van der Waals surface area contributed by atoms with Crippen LogP contribution in [0, 0.1) is 0 Å². The van der Waals surface area contributed by atoms with Crippen LogP contribution in [0.1, 0.15) is 36.6 Å². The van der Waals surface area contributed by atoms with Crippen molar-refractivity contribution in [2.24, 2.45) is 0 Å². The maximum absolute atomic E-state index is 14.0. The Kier molecular flexibility index (Phi) is 6.53. The second-order valence-electron chi connectivity index (χ2n) is 9.54. The van der Waals surface area contributed by atoms with Gasteiger partial charge in [-0.3, -0.25) is 4.31 Å². The van der Waals surface area contributed by atoms with Crippen LogP contribution in [0.4, 0.5) is 43.5 Å². The Morgan fingerprint density at radius 2 is 1.61 bits per heavy atom. The van der Waals surface area contributed by atoms with E-state index in [4.69, 9.17) is 4.52 Å². The summed E-state index contributed by atoms with van der Waals surface area (Å²) in [5.74, 6) is -0.652. The van der Waals surface area contributed by atoms with E-state index < -0.39 is 50.7 Å². The van der Waals surface area contributed by atoms with Crippen LogP contribution in [-0.4, -0.2) is 28.6 Å². The highest BCUT2D eigenvalue weighted by atomic mass is 32.2. The van der Waals surface area contributed by atoms with E-state index in [1.807, 2.05) is 0 Å². The highest BCUT2D eigenvalue weighted by Gasteiger charge is 2.38. The Balaban J connectivity index is 1.72.